The van der Waals surface area contributed by atoms with E-state index in [1.54, 1.807) is 19.1 Å². The van der Waals surface area contributed by atoms with Gasteiger partial charge in [-0.1, -0.05) is 23.2 Å². The third-order valence-corrected chi connectivity index (χ3v) is 7.58. The fourth-order valence-corrected chi connectivity index (χ4v) is 5.67. The predicted molar refractivity (Wildman–Crippen MR) is 126 cm³/mol. The number of nitrogens with zero attached hydrogens (tertiary/aromatic N) is 5. The quantitative estimate of drug-likeness (QED) is 0.601. The van der Waals surface area contributed by atoms with Gasteiger partial charge in [0.15, 0.2) is 0 Å². The van der Waals surface area contributed by atoms with Crippen molar-refractivity contribution in [3.8, 4) is 0 Å². The van der Waals surface area contributed by atoms with Crippen LogP contribution >= 0.6 is 23.2 Å². The van der Waals surface area contributed by atoms with Gasteiger partial charge in [-0.3, -0.25) is 19.3 Å². The van der Waals surface area contributed by atoms with Crippen molar-refractivity contribution >= 4 is 40.9 Å². The molecule has 0 unspecified atom stereocenters. The highest BCUT2D eigenvalue weighted by Crippen LogP contribution is 2.25. The summed E-state index contributed by atoms with van der Waals surface area (Å²) in [7, 11) is 0. The lowest BCUT2D eigenvalue weighted by molar-refractivity contribution is -0.141. The first-order valence-corrected chi connectivity index (χ1v) is 12.5. The van der Waals surface area contributed by atoms with Crippen molar-refractivity contribution in [3.63, 3.8) is 0 Å². The van der Waals surface area contributed by atoms with E-state index in [0.717, 1.165) is 51.9 Å². The fourth-order valence-electron chi connectivity index (χ4n) is 5.21. The molecule has 0 bridgehead atoms. The van der Waals surface area contributed by atoms with Gasteiger partial charge in [-0.2, -0.15) is 0 Å². The van der Waals surface area contributed by atoms with E-state index in [1.807, 2.05) is 14.7 Å². The normalized spacial score (nSPS) is 21.4. The van der Waals surface area contributed by atoms with Gasteiger partial charge in [0.05, 0.1) is 0 Å². The van der Waals surface area contributed by atoms with Gasteiger partial charge in [0.25, 0.3) is 5.91 Å². The number of hydrogen-bond donors (Lipinski definition) is 0. The first-order chi connectivity index (χ1) is 15.8. The highest BCUT2D eigenvalue weighted by molar-refractivity contribution is 6.33. The number of carbonyl (C=O) groups is 3. The zero-order chi connectivity index (χ0) is 23.5. The Kier molecular flexibility index (Phi) is 7.76. The summed E-state index contributed by atoms with van der Waals surface area (Å²) in [6.45, 7) is 7.47. The van der Waals surface area contributed by atoms with Crippen molar-refractivity contribution in [1.29, 1.82) is 0 Å². The second-order valence-electron chi connectivity index (χ2n) is 9.17. The molecule has 8 nitrogen and oxygen atoms in total. The monoisotopic (exact) mass is 495 g/mol. The Balaban J connectivity index is 1.22. The van der Waals surface area contributed by atoms with Crippen LogP contribution in [0, 0.1) is 5.92 Å². The number of pyridine rings is 1. The van der Waals surface area contributed by atoms with E-state index in [9.17, 15) is 14.4 Å². The van der Waals surface area contributed by atoms with Crippen molar-refractivity contribution in [3.05, 3.63) is 28.0 Å². The molecule has 3 saturated heterocycles. The van der Waals surface area contributed by atoms with Gasteiger partial charge in [-0.25, -0.2) is 4.98 Å². The van der Waals surface area contributed by atoms with E-state index in [-0.39, 0.29) is 33.9 Å². The number of likely N-dealkylation sites (tertiary alicyclic amines) is 2. The minimum Gasteiger partial charge on any atom is -0.343 e. The lowest BCUT2D eigenvalue weighted by Gasteiger charge is -2.43. The maximum Gasteiger partial charge on any atom is 0.254 e. The second kappa shape index (κ2) is 10.6. The molecule has 0 saturated carbocycles. The number of amides is 3. The van der Waals surface area contributed by atoms with Crippen LogP contribution in [0.15, 0.2) is 12.1 Å². The number of halogens is 2. The molecule has 0 aromatic carbocycles. The molecule has 3 aliphatic rings. The predicted octanol–water partition coefficient (Wildman–Crippen LogP) is 2.40. The van der Waals surface area contributed by atoms with Crippen LogP contribution in [0.2, 0.25) is 10.3 Å². The fraction of sp³-hybridized carbons (Fsp3) is 0.652. The van der Waals surface area contributed by atoms with E-state index in [4.69, 9.17) is 23.2 Å². The molecule has 3 amide bonds. The lowest BCUT2D eigenvalue weighted by atomic mass is 9.93. The van der Waals surface area contributed by atoms with Gasteiger partial charge >= 0.3 is 0 Å². The van der Waals surface area contributed by atoms with E-state index in [1.165, 1.54) is 0 Å². The molecule has 3 fully saturated rings. The Morgan fingerprint density at radius 2 is 1.33 bits per heavy atom. The maximum absolute atomic E-state index is 13.0. The standard InChI is InChI=1S/C23H31Cl2N5O3/c1-16(31)27-6-2-17(3-7-27)22(32)29-8-4-19(5-9-29)28-10-12-30(13-11-28)23(33)18-14-20(24)26-21(25)15-18/h14-15,17,19H,2-13H2,1H3. The van der Waals surface area contributed by atoms with Crippen LogP contribution in [0.1, 0.15) is 43.0 Å². The van der Waals surface area contributed by atoms with Crippen LogP contribution in [-0.2, 0) is 9.59 Å². The van der Waals surface area contributed by atoms with Crippen molar-refractivity contribution < 1.29 is 14.4 Å². The Bertz CT molecular complexity index is 870. The Morgan fingerprint density at radius 1 is 0.788 bits per heavy atom. The van der Waals surface area contributed by atoms with Crippen LogP contribution in [0.25, 0.3) is 0 Å². The van der Waals surface area contributed by atoms with Gasteiger partial charge in [0, 0.05) is 76.8 Å². The van der Waals surface area contributed by atoms with Gasteiger partial charge in [-0.15, -0.1) is 0 Å². The SMILES string of the molecule is CC(=O)N1CCC(C(=O)N2CCC(N3CCN(C(=O)c4cc(Cl)nc(Cl)c4)CC3)CC2)CC1. The summed E-state index contributed by atoms with van der Waals surface area (Å²) in [6, 6.07) is 3.55. The van der Waals surface area contributed by atoms with E-state index in [0.29, 0.717) is 37.8 Å². The van der Waals surface area contributed by atoms with Gasteiger partial charge < -0.3 is 14.7 Å². The van der Waals surface area contributed by atoms with E-state index >= 15 is 0 Å². The van der Waals surface area contributed by atoms with Gasteiger partial charge in [-0.05, 0) is 37.8 Å². The average Bonchev–Trinajstić information content (AvgIpc) is 2.83. The van der Waals surface area contributed by atoms with Crippen molar-refractivity contribution in [2.24, 2.45) is 5.92 Å². The van der Waals surface area contributed by atoms with Gasteiger partial charge in [0.2, 0.25) is 11.8 Å². The summed E-state index contributed by atoms with van der Waals surface area (Å²) in [5.41, 5.74) is 0.467. The van der Waals surface area contributed by atoms with Crippen LogP contribution < -0.4 is 0 Å². The Morgan fingerprint density at radius 3 is 1.88 bits per heavy atom. The van der Waals surface area contributed by atoms with Crippen molar-refractivity contribution in [1.82, 2.24) is 24.6 Å². The highest BCUT2D eigenvalue weighted by Gasteiger charge is 2.34. The minimum atomic E-state index is -0.0721. The first kappa shape index (κ1) is 24.2. The molecule has 4 rings (SSSR count). The molecule has 0 atom stereocenters. The molecule has 1 aromatic rings. The summed E-state index contributed by atoms with van der Waals surface area (Å²) >= 11 is 11.9. The summed E-state index contributed by atoms with van der Waals surface area (Å²) in [5, 5.41) is 0.436. The van der Waals surface area contributed by atoms with Crippen LogP contribution in [-0.4, -0.2) is 101 Å². The molecule has 0 radical (unpaired) electrons. The summed E-state index contributed by atoms with van der Waals surface area (Å²) in [5.74, 6) is 0.317. The van der Waals surface area contributed by atoms with Crippen LogP contribution in [0.5, 0.6) is 0 Å². The second-order valence-corrected chi connectivity index (χ2v) is 9.94. The minimum absolute atomic E-state index is 0.0434. The zero-order valence-corrected chi connectivity index (χ0v) is 20.5. The molecule has 4 heterocycles. The number of piperidine rings is 2. The molecule has 0 aliphatic carbocycles. The van der Waals surface area contributed by atoms with Crippen molar-refractivity contribution in [2.45, 2.75) is 38.6 Å². The number of aromatic nitrogens is 1. The molecule has 0 N–H and O–H groups in total. The molecule has 3 aliphatic heterocycles. The summed E-state index contributed by atoms with van der Waals surface area (Å²) in [4.78, 5) is 49.3. The molecule has 33 heavy (non-hydrogen) atoms. The third-order valence-electron chi connectivity index (χ3n) is 7.19. The maximum atomic E-state index is 13.0. The molecule has 180 valence electrons. The molecule has 10 heteroatoms. The van der Waals surface area contributed by atoms with Crippen LogP contribution in [0.3, 0.4) is 0 Å². The number of rotatable bonds is 3. The molecule has 0 spiro atoms. The van der Waals surface area contributed by atoms with Crippen molar-refractivity contribution in [2.75, 3.05) is 52.4 Å². The topological polar surface area (TPSA) is 77.1 Å². The van der Waals surface area contributed by atoms with Crippen LogP contribution in [0.4, 0.5) is 0 Å². The number of hydrogen-bond acceptors (Lipinski definition) is 5. The smallest absolute Gasteiger partial charge is 0.254 e. The molecule has 1 aromatic heterocycles. The first-order valence-electron chi connectivity index (χ1n) is 11.7. The molecular formula is C23H31Cl2N5O3. The molecular weight excluding hydrogens is 465 g/mol. The highest BCUT2D eigenvalue weighted by atomic mass is 35.5. The average molecular weight is 496 g/mol. The summed E-state index contributed by atoms with van der Waals surface area (Å²) < 4.78 is 0. The number of piperazine rings is 1. The van der Waals surface area contributed by atoms with E-state index in [2.05, 4.69) is 9.88 Å². The zero-order valence-electron chi connectivity index (χ0n) is 19.0. The Labute approximate surface area is 204 Å². The number of carbonyl (C=O) groups excluding carboxylic acids is 3. The largest absolute Gasteiger partial charge is 0.343 e. The third kappa shape index (κ3) is 5.78. The summed E-state index contributed by atoms with van der Waals surface area (Å²) in [6.07, 6.45) is 3.45. The Hall–Kier alpha value is -1.90. The van der Waals surface area contributed by atoms with E-state index < -0.39 is 0 Å². The van der Waals surface area contributed by atoms with Gasteiger partial charge in [0.1, 0.15) is 10.3 Å². The lowest BCUT2D eigenvalue weighted by Crippen LogP contribution is -2.55.